The van der Waals surface area contributed by atoms with Crippen molar-refractivity contribution in [2.45, 2.75) is 43.6 Å². The highest BCUT2D eigenvalue weighted by Gasteiger charge is 2.61. The predicted molar refractivity (Wildman–Crippen MR) is 73.0 cm³/mol. The first-order valence-electron chi connectivity index (χ1n) is 7.47. The third-order valence-corrected chi connectivity index (χ3v) is 5.71. The van der Waals surface area contributed by atoms with E-state index >= 15 is 0 Å². The molecule has 0 aromatic heterocycles. The molecule has 2 bridgehead atoms. The number of benzene rings is 1. The Kier molecular flexibility index (Phi) is 1.79. The van der Waals surface area contributed by atoms with Crippen LogP contribution in [0.2, 0.25) is 0 Å². The summed E-state index contributed by atoms with van der Waals surface area (Å²) in [6.07, 6.45) is 6.62. The van der Waals surface area contributed by atoms with Gasteiger partial charge in [0.2, 0.25) is 0 Å². The number of rotatable bonds is 0. The Labute approximate surface area is 117 Å². The SMILES string of the molecule is O=C1CC=C2[C@@H]3CCC[C@@]24c2c(ccc(O)c2O[C@@H]14)C3. The maximum atomic E-state index is 12.4. The highest BCUT2D eigenvalue weighted by Crippen LogP contribution is 2.63. The zero-order valence-corrected chi connectivity index (χ0v) is 11.2. The van der Waals surface area contributed by atoms with Gasteiger partial charge in [-0.15, -0.1) is 0 Å². The number of phenolic OH excluding ortho intramolecular Hbond substituents is 1. The molecular weight excluding hydrogens is 252 g/mol. The molecule has 1 aliphatic heterocycles. The maximum Gasteiger partial charge on any atom is 0.178 e. The first-order chi connectivity index (χ1) is 9.72. The minimum Gasteiger partial charge on any atom is -0.504 e. The topological polar surface area (TPSA) is 46.5 Å². The van der Waals surface area contributed by atoms with Crippen molar-refractivity contribution in [1.29, 1.82) is 0 Å². The molecule has 5 rings (SSSR count). The summed E-state index contributed by atoms with van der Waals surface area (Å²) in [6.45, 7) is 0. The second kappa shape index (κ2) is 3.27. The Morgan fingerprint density at radius 3 is 3.15 bits per heavy atom. The summed E-state index contributed by atoms with van der Waals surface area (Å²) in [5, 5.41) is 10.1. The molecule has 4 aliphatic rings. The van der Waals surface area contributed by atoms with Gasteiger partial charge in [0.15, 0.2) is 23.4 Å². The summed E-state index contributed by atoms with van der Waals surface area (Å²) in [5.41, 5.74) is 3.57. The van der Waals surface area contributed by atoms with Crippen LogP contribution in [0.1, 0.15) is 36.8 Å². The van der Waals surface area contributed by atoms with Crippen LogP contribution in [0, 0.1) is 5.92 Å². The fraction of sp³-hybridized carbons (Fsp3) is 0.471. The quantitative estimate of drug-likeness (QED) is 0.736. The van der Waals surface area contributed by atoms with Crippen molar-refractivity contribution < 1.29 is 14.6 Å². The first kappa shape index (κ1) is 11.0. The van der Waals surface area contributed by atoms with E-state index in [1.54, 1.807) is 6.07 Å². The molecule has 20 heavy (non-hydrogen) atoms. The van der Waals surface area contributed by atoms with Crippen LogP contribution in [0.4, 0.5) is 0 Å². The zero-order chi connectivity index (χ0) is 13.5. The molecule has 1 aromatic rings. The maximum absolute atomic E-state index is 12.4. The molecule has 1 spiro atoms. The van der Waals surface area contributed by atoms with Gasteiger partial charge in [-0.1, -0.05) is 24.1 Å². The number of ketones is 1. The number of carbonyl (C=O) groups excluding carboxylic acids is 1. The number of hydrogen-bond donors (Lipinski definition) is 1. The van der Waals surface area contributed by atoms with E-state index in [0.717, 1.165) is 24.8 Å². The number of ether oxygens (including phenoxy) is 1. The molecule has 3 atom stereocenters. The Morgan fingerprint density at radius 1 is 1.35 bits per heavy atom. The first-order valence-corrected chi connectivity index (χ1v) is 7.47. The van der Waals surface area contributed by atoms with Crippen LogP contribution in [0.25, 0.3) is 0 Å². The molecular formula is C17H16O3. The molecule has 1 N–H and O–H groups in total. The average Bonchev–Trinajstić information content (AvgIpc) is 2.78. The van der Waals surface area contributed by atoms with E-state index < -0.39 is 6.10 Å². The van der Waals surface area contributed by atoms with Gasteiger partial charge in [0.05, 0.1) is 5.41 Å². The fourth-order valence-electron chi connectivity index (χ4n) is 5.07. The summed E-state index contributed by atoms with van der Waals surface area (Å²) < 4.78 is 5.98. The van der Waals surface area contributed by atoms with Gasteiger partial charge in [-0.05, 0) is 36.8 Å². The Morgan fingerprint density at radius 2 is 2.25 bits per heavy atom. The van der Waals surface area contributed by atoms with Gasteiger partial charge in [0.25, 0.3) is 0 Å². The van der Waals surface area contributed by atoms with Crippen LogP contribution in [0.3, 0.4) is 0 Å². The smallest absolute Gasteiger partial charge is 0.178 e. The fourth-order valence-corrected chi connectivity index (χ4v) is 5.07. The molecule has 102 valence electrons. The molecule has 0 amide bonds. The van der Waals surface area contributed by atoms with E-state index in [9.17, 15) is 9.90 Å². The average molecular weight is 268 g/mol. The highest BCUT2D eigenvalue weighted by atomic mass is 16.5. The van der Waals surface area contributed by atoms with Gasteiger partial charge in [-0.25, -0.2) is 0 Å². The molecule has 3 aliphatic carbocycles. The van der Waals surface area contributed by atoms with Crippen LogP contribution >= 0.6 is 0 Å². The van der Waals surface area contributed by atoms with Crippen molar-refractivity contribution in [2.24, 2.45) is 5.92 Å². The van der Waals surface area contributed by atoms with Gasteiger partial charge < -0.3 is 9.84 Å². The lowest BCUT2D eigenvalue weighted by molar-refractivity contribution is -0.127. The summed E-state index contributed by atoms with van der Waals surface area (Å²) in [6, 6.07) is 3.74. The zero-order valence-electron chi connectivity index (χ0n) is 11.2. The van der Waals surface area contributed by atoms with E-state index in [4.69, 9.17) is 4.74 Å². The third-order valence-electron chi connectivity index (χ3n) is 5.71. The Hall–Kier alpha value is -1.77. The molecule has 1 fully saturated rings. The van der Waals surface area contributed by atoms with Crippen molar-refractivity contribution in [2.75, 3.05) is 0 Å². The summed E-state index contributed by atoms with van der Waals surface area (Å²) in [4.78, 5) is 12.4. The number of aromatic hydroxyl groups is 1. The van der Waals surface area contributed by atoms with Crippen molar-refractivity contribution in [1.82, 2.24) is 0 Å². The van der Waals surface area contributed by atoms with Gasteiger partial charge >= 0.3 is 0 Å². The van der Waals surface area contributed by atoms with E-state index in [-0.39, 0.29) is 16.9 Å². The van der Waals surface area contributed by atoms with E-state index in [1.165, 1.54) is 17.6 Å². The Balaban J connectivity index is 1.90. The minimum atomic E-state index is -0.396. The summed E-state index contributed by atoms with van der Waals surface area (Å²) >= 11 is 0. The lowest BCUT2D eigenvalue weighted by Gasteiger charge is -2.49. The minimum absolute atomic E-state index is 0.165. The molecule has 1 saturated carbocycles. The number of phenols is 1. The lowest BCUT2D eigenvalue weighted by Crippen LogP contribution is -2.53. The van der Waals surface area contributed by atoms with Crippen molar-refractivity contribution in [3.63, 3.8) is 0 Å². The Bertz CT molecular complexity index is 688. The standard InChI is InChI=1S/C17H16O3/c18-12-5-3-10-8-9-2-1-7-17-11(9)4-6-13(19)16(17)20-15(12)14(10)17/h3-5,9,16,18H,1-2,6-8H2/t9-,16+,17+/m1/s1. The highest BCUT2D eigenvalue weighted by molar-refractivity contribution is 5.92. The van der Waals surface area contributed by atoms with Crippen LogP contribution in [0.15, 0.2) is 23.8 Å². The van der Waals surface area contributed by atoms with Gasteiger partial charge in [0, 0.05) is 12.0 Å². The number of Topliss-reactive ketones (excluding diaryl/α,β-unsaturated/α-hetero) is 1. The predicted octanol–water partition coefficient (Wildman–Crippen LogP) is 2.65. The molecule has 1 heterocycles. The van der Waals surface area contributed by atoms with E-state index in [2.05, 4.69) is 6.08 Å². The second-order valence-corrected chi connectivity index (χ2v) is 6.54. The largest absolute Gasteiger partial charge is 0.504 e. The molecule has 0 radical (unpaired) electrons. The van der Waals surface area contributed by atoms with Gasteiger partial charge in [-0.2, -0.15) is 0 Å². The normalized spacial score (nSPS) is 36.2. The summed E-state index contributed by atoms with van der Waals surface area (Å²) in [7, 11) is 0. The molecule has 3 nitrogen and oxygen atoms in total. The van der Waals surface area contributed by atoms with Crippen molar-refractivity contribution in [3.05, 3.63) is 34.9 Å². The number of allylic oxidation sites excluding steroid dienone is 1. The number of carbonyl (C=O) groups is 1. The lowest BCUT2D eigenvalue weighted by atomic mass is 9.52. The monoisotopic (exact) mass is 268 g/mol. The number of hydrogen-bond acceptors (Lipinski definition) is 3. The van der Waals surface area contributed by atoms with E-state index in [1.807, 2.05) is 6.07 Å². The molecule has 0 saturated heterocycles. The van der Waals surface area contributed by atoms with Crippen LogP contribution in [-0.4, -0.2) is 17.0 Å². The van der Waals surface area contributed by atoms with Crippen LogP contribution in [0.5, 0.6) is 11.5 Å². The van der Waals surface area contributed by atoms with E-state index in [0.29, 0.717) is 18.1 Å². The molecule has 3 heteroatoms. The van der Waals surface area contributed by atoms with Crippen LogP contribution < -0.4 is 4.74 Å². The molecule has 0 unspecified atom stereocenters. The second-order valence-electron chi connectivity index (χ2n) is 6.54. The van der Waals surface area contributed by atoms with Crippen molar-refractivity contribution >= 4 is 5.78 Å². The summed E-state index contributed by atoms with van der Waals surface area (Å²) in [5.74, 6) is 1.49. The van der Waals surface area contributed by atoms with Gasteiger partial charge in [0.1, 0.15) is 0 Å². The van der Waals surface area contributed by atoms with Crippen LogP contribution in [-0.2, 0) is 16.6 Å². The van der Waals surface area contributed by atoms with Crippen molar-refractivity contribution in [3.8, 4) is 11.5 Å². The third kappa shape index (κ3) is 1.00. The van der Waals surface area contributed by atoms with Gasteiger partial charge in [-0.3, -0.25) is 4.79 Å². The molecule has 1 aromatic carbocycles.